The summed E-state index contributed by atoms with van der Waals surface area (Å²) in [4.78, 5) is 6.50. The van der Waals surface area contributed by atoms with Crippen molar-refractivity contribution < 1.29 is 0 Å². The monoisotopic (exact) mass is 274 g/mol. The highest BCUT2D eigenvalue weighted by molar-refractivity contribution is 6.16. The van der Waals surface area contributed by atoms with Crippen LogP contribution in [0, 0.1) is 0 Å². The van der Waals surface area contributed by atoms with Crippen molar-refractivity contribution in [3.8, 4) is 0 Å². The molecule has 2 heteroatoms. The average molecular weight is 274 g/mol. The van der Waals surface area contributed by atoms with E-state index in [9.17, 15) is 0 Å². The highest BCUT2D eigenvalue weighted by Gasteiger charge is 2.09. The minimum atomic E-state index is 1.05. The van der Waals surface area contributed by atoms with Gasteiger partial charge in [-0.2, -0.15) is 0 Å². The smallest absolute Gasteiger partial charge is 0.0708 e. The van der Waals surface area contributed by atoms with Gasteiger partial charge in [-0.1, -0.05) is 48.6 Å². The van der Waals surface area contributed by atoms with Gasteiger partial charge in [-0.25, -0.2) is 0 Å². The molecule has 0 radical (unpaired) electrons. The van der Waals surface area contributed by atoms with E-state index in [1.807, 2.05) is 38.5 Å². The van der Waals surface area contributed by atoms with Gasteiger partial charge in [0.1, 0.15) is 0 Å². The van der Waals surface area contributed by atoms with E-state index in [1.165, 1.54) is 16.8 Å². The van der Waals surface area contributed by atoms with E-state index in [-0.39, 0.29) is 0 Å². The second-order valence-electron chi connectivity index (χ2n) is 5.24. The summed E-state index contributed by atoms with van der Waals surface area (Å²) in [5.41, 5.74) is 5.81. The Bertz CT molecular complexity index is 719. The van der Waals surface area contributed by atoms with Crippen LogP contribution in [0.1, 0.15) is 11.1 Å². The Morgan fingerprint density at radius 1 is 0.952 bits per heavy atom. The molecule has 0 fully saturated rings. The number of fused-ring (bicyclic) bond motifs is 1. The minimum Gasteiger partial charge on any atom is -0.378 e. The zero-order chi connectivity index (χ0) is 14.7. The largest absolute Gasteiger partial charge is 0.378 e. The van der Waals surface area contributed by atoms with E-state index in [4.69, 9.17) is 0 Å². The lowest BCUT2D eigenvalue weighted by Crippen LogP contribution is -2.07. The van der Waals surface area contributed by atoms with Crippen LogP contribution in [-0.4, -0.2) is 20.3 Å². The molecular formula is C19H18N2. The number of aliphatic imine (C=N–C) groups is 1. The molecule has 0 unspecified atom stereocenters. The second kappa shape index (κ2) is 5.80. The van der Waals surface area contributed by atoms with Crippen molar-refractivity contribution in [3.05, 3.63) is 71.8 Å². The molecule has 3 rings (SSSR count). The molecule has 0 saturated heterocycles. The van der Waals surface area contributed by atoms with Gasteiger partial charge in [0, 0.05) is 37.1 Å². The maximum absolute atomic E-state index is 4.40. The summed E-state index contributed by atoms with van der Waals surface area (Å²) in [6.45, 7) is 0. The molecule has 0 amide bonds. The normalized spacial score (nSPS) is 14.9. The topological polar surface area (TPSA) is 15.6 Å². The van der Waals surface area contributed by atoms with Crippen LogP contribution in [0.3, 0.4) is 0 Å². The Morgan fingerprint density at radius 3 is 2.48 bits per heavy atom. The fourth-order valence-electron chi connectivity index (χ4n) is 2.32. The molecule has 1 heterocycles. The van der Waals surface area contributed by atoms with E-state index in [0.29, 0.717) is 0 Å². The van der Waals surface area contributed by atoms with Gasteiger partial charge in [0.05, 0.1) is 5.69 Å². The van der Waals surface area contributed by atoms with Gasteiger partial charge in [0.25, 0.3) is 0 Å². The first kappa shape index (κ1) is 13.4. The number of hydrogen-bond acceptors (Lipinski definition) is 2. The molecular weight excluding hydrogens is 256 g/mol. The molecule has 0 saturated carbocycles. The lowest BCUT2D eigenvalue weighted by molar-refractivity contribution is 1.13. The third kappa shape index (κ3) is 2.95. The van der Waals surface area contributed by atoms with E-state index in [1.54, 1.807) is 0 Å². The zero-order valence-corrected chi connectivity index (χ0v) is 12.3. The summed E-state index contributed by atoms with van der Waals surface area (Å²) in [6, 6.07) is 16.7. The van der Waals surface area contributed by atoms with Crippen LogP contribution >= 0.6 is 0 Å². The second-order valence-corrected chi connectivity index (χ2v) is 5.24. The van der Waals surface area contributed by atoms with E-state index >= 15 is 0 Å². The van der Waals surface area contributed by atoms with Crippen molar-refractivity contribution in [1.29, 1.82) is 0 Å². The number of rotatable bonds is 3. The number of nitrogens with zero attached hydrogens (tertiary/aromatic N) is 2. The molecule has 1 aliphatic rings. The molecule has 0 spiro atoms. The summed E-state index contributed by atoms with van der Waals surface area (Å²) in [5, 5.41) is 0. The van der Waals surface area contributed by atoms with Crippen molar-refractivity contribution in [2.75, 3.05) is 19.0 Å². The fourth-order valence-corrected chi connectivity index (χ4v) is 2.32. The molecule has 104 valence electrons. The van der Waals surface area contributed by atoms with Crippen LogP contribution in [0.2, 0.25) is 0 Å². The van der Waals surface area contributed by atoms with Gasteiger partial charge in [-0.15, -0.1) is 0 Å². The third-order valence-electron chi connectivity index (χ3n) is 3.53. The predicted octanol–water partition coefficient (Wildman–Crippen LogP) is 4.57. The van der Waals surface area contributed by atoms with E-state index < -0.39 is 0 Å². The molecule has 0 aromatic heterocycles. The highest BCUT2D eigenvalue weighted by Crippen LogP contribution is 2.30. The number of allylic oxidation sites excluding steroid dienone is 3. The Morgan fingerprint density at radius 2 is 1.71 bits per heavy atom. The summed E-state index contributed by atoms with van der Waals surface area (Å²) in [7, 11) is 4.10. The van der Waals surface area contributed by atoms with Crippen LogP contribution in [0.4, 0.5) is 11.4 Å². The average Bonchev–Trinajstić information content (AvgIpc) is 2.91. The lowest BCUT2D eigenvalue weighted by atomic mass is 10.1. The van der Waals surface area contributed by atoms with Crippen LogP contribution in [-0.2, 0) is 0 Å². The van der Waals surface area contributed by atoms with Gasteiger partial charge >= 0.3 is 0 Å². The maximum atomic E-state index is 4.40. The maximum Gasteiger partial charge on any atom is 0.0708 e. The van der Waals surface area contributed by atoms with Gasteiger partial charge in [-0.3, -0.25) is 4.99 Å². The minimum absolute atomic E-state index is 1.05. The predicted molar refractivity (Wildman–Crippen MR) is 92.4 cm³/mol. The lowest BCUT2D eigenvalue weighted by Gasteiger charge is -2.11. The fraction of sp³-hybridized carbons (Fsp3) is 0.105. The Labute approximate surface area is 125 Å². The molecule has 21 heavy (non-hydrogen) atoms. The molecule has 1 aliphatic heterocycles. The van der Waals surface area contributed by atoms with E-state index in [2.05, 4.69) is 58.5 Å². The van der Waals surface area contributed by atoms with Gasteiger partial charge < -0.3 is 4.90 Å². The van der Waals surface area contributed by atoms with Gasteiger partial charge in [0.2, 0.25) is 0 Å². The van der Waals surface area contributed by atoms with Crippen molar-refractivity contribution in [2.24, 2.45) is 4.99 Å². The van der Waals surface area contributed by atoms with Gasteiger partial charge in [-0.05, 0) is 23.8 Å². The molecule has 0 atom stereocenters. The first-order chi connectivity index (χ1) is 10.2. The quantitative estimate of drug-likeness (QED) is 0.800. The Balaban J connectivity index is 1.76. The molecule has 0 N–H and O–H groups in total. The zero-order valence-electron chi connectivity index (χ0n) is 12.3. The van der Waals surface area contributed by atoms with Crippen molar-refractivity contribution >= 4 is 29.2 Å². The summed E-state index contributed by atoms with van der Waals surface area (Å²) < 4.78 is 0. The number of hydrogen-bond donors (Lipinski definition) is 0. The Hall–Kier alpha value is -2.61. The summed E-state index contributed by atoms with van der Waals surface area (Å²) in [6.07, 6.45) is 8.22. The van der Waals surface area contributed by atoms with E-state index in [0.717, 1.165) is 11.3 Å². The molecule has 2 aromatic rings. The van der Waals surface area contributed by atoms with Crippen LogP contribution < -0.4 is 4.90 Å². The summed E-state index contributed by atoms with van der Waals surface area (Å²) in [5.74, 6) is 0. The molecule has 0 aliphatic carbocycles. The first-order valence-electron chi connectivity index (χ1n) is 7.03. The SMILES string of the molecule is CN(C)c1ccc(/C=C/C=C2\C=Nc3ccccc32)cc1. The first-order valence-corrected chi connectivity index (χ1v) is 7.03. The van der Waals surface area contributed by atoms with Crippen LogP contribution in [0.5, 0.6) is 0 Å². The number of benzene rings is 2. The molecule has 2 aromatic carbocycles. The Kier molecular flexibility index (Phi) is 3.69. The number of anilines is 1. The van der Waals surface area contributed by atoms with Crippen molar-refractivity contribution in [3.63, 3.8) is 0 Å². The molecule has 2 nitrogen and oxygen atoms in total. The number of para-hydroxylation sites is 1. The summed E-state index contributed by atoms with van der Waals surface area (Å²) >= 11 is 0. The third-order valence-corrected chi connectivity index (χ3v) is 3.53. The van der Waals surface area contributed by atoms with Crippen molar-refractivity contribution in [2.45, 2.75) is 0 Å². The van der Waals surface area contributed by atoms with Crippen LogP contribution in [0.25, 0.3) is 11.6 Å². The van der Waals surface area contributed by atoms with Gasteiger partial charge in [0.15, 0.2) is 0 Å². The molecule has 0 bridgehead atoms. The van der Waals surface area contributed by atoms with Crippen LogP contribution in [0.15, 0.2) is 65.7 Å². The highest BCUT2D eigenvalue weighted by atomic mass is 15.1. The standard InChI is InChI=1S/C19H18N2/c1-21(2)17-12-10-15(11-13-17)6-5-7-16-14-20-19-9-4-3-8-18(16)19/h3-14H,1-2H3/b6-5+,16-7+. The van der Waals surface area contributed by atoms with Crippen molar-refractivity contribution in [1.82, 2.24) is 0 Å².